The Hall–Kier alpha value is -1.18. The van der Waals surface area contributed by atoms with E-state index in [1.165, 1.54) is 7.11 Å². The van der Waals surface area contributed by atoms with Gasteiger partial charge in [-0.3, -0.25) is 9.78 Å². The summed E-state index contributed by atoms with van der Waals surface area (Å²) in [6, 6.07) is 5.50. The van der Waals surface area contributed by atoms with Gasteiger partial charge in [-0.25, -0.2) is 0 Å². The predicted molar refractivity (Wildman–Crippen MR) is 96.5 cm³/mol. The highest BCUT2D eigenvalue weighted by Gasteiger charge is 2.24. The van der Waals surface area contributed by atoms with Gasteiger partial charge in [-0.05, 0) is 70.8 Å². The van der Waals surface area contributed by atoms with Gasteiger partial charge in [-0.15, -0.1) is 0 Å². The Bertz CT molecular complexity index is 729. The van der Waals surface area contributed by atoms with Gasteiger partial charge in [0.25, 0.3) is 12.2 Å². The van der Waals surface area contributed by atoms with Crippen LogP contribution in [0, 0.1) is 0 Å². The lowest BCUT2D eigenvalue weighted by Gasteiger charge is -2.24. The summed E-state index contributed by atoms with van der Waals surface area (Å²) in [5.41, 5.74) is 0.448. The molecule has 1 aromatic heterocycles. The topological polar surface area (TPSA) is 60.5 Å². The second kappa shape index (κ2) is 7.15. The van der Waals surface area contributed by atoms with Gasteiger partial charge in [0.05, 0.1) is 5.52 Å². The van der Waals surface area contributed by atoms with E-state index in [2.05, 4.69) is 42.2 Å². The molecule has 1 heterocycles. The van der Waals surface area contributed by atoms with Crippen molar-refractivity contribution in [2.75, 3.05) is 7.11 Å². The number of hydrogen-bond acceptors (Lipinski definition) is 4. The number of nitrogens with zero attached hydrogens (tertiary/aromatic N) is 1. The number of amides is 1. The standard InChI is InChI=1S/C16H18Br2N2O3/c1-16(2,3)20-14(21)15(22-4)23-11-6-9-5-10(17)8-19-13(9)12(18)7-11/h5-8,15H,1-4H3,(H,20,21). The van der Waals surface area contributed by atoms with Crippen LogP contribution in [-0.4, -0.2) is 29.8 Å². The molecule has 2 rings (SSSR count). The molecule has 0 saturated carbocycles. The van der Waals surface area contributed by atoms with E-state index in [0.29, 0.717) is 5.75 Å². The van der Waals surface area contributed by atoms with Crippen LogP contribution in [0.3, 0.4) is 0 Å². The first-order valence-corrected chi connectivity index (χ1v) is 8.54. The normalized spacial score (nSPS) is 13.0. The number of halogens is 2. The molecule has 5 nitrogen and oxygen atoms in total. The Morgan fingerprint density at radius 2 is 1.96 bits per heavy atom. The van der Waals surface area contributed by atoms with E-state index in [0.717, 1.165) is 19.8 Å². The van der Waals surface area contributed by atoms with Gasteiger partial charge in [-0.1, -0.05) is 0 Å². The summed E-state index contributed by atoms with van der Waals surface area (Å²) in [7, 11) is 1.43. The monoisotopic (exact) mass is 444 g/mol. The third kappa shape index (κ3) is 4.89. The van der Waals surface area contributed by atoms with E-state index in [1.54, 1.807) is 12.3 Å². The predicted octanol–water partition coefficient (Wildman–Crippen LogP) is 4.03. The molecule has 7 heteroatoms. The van der Waals surface area contributed by atoms with Crippen molar-refractivity contribution in [2.45, 2.75) is 32.6 Å². The molecule has 2 aromatic rings. The number of carbonyl (C=O) groups is 1. The molecule has 0 aliphatic carbocycles. The van der Waals surface area contributed by atoms with Crippen LogP contribution >= 0.6 is 31.9 Å². The highest BCUT2D eigenvalue weighted by molar-refractivity contribution is 9.11. The molecule has 1 amide bonds. The van der Waals surface area contributed by atoms with Gasteiger partial charge in [0.1, 0.15) is 5.75 Å². The summed E-state index contributed by atoms with van der Waals surface area (Å²) >= 11 is 6.87. The van der Waals surface area contributed by atoms with Crippen molar-refractivity contribution in [1.29, 1.82) is 0 Å². The maximum atomic E-state index is 12.2. The summed E-state index contributed by atoms with van der Waals surface area (Å²) in [6.07, 6.45) is 0.696. The van der Waals surface area contributed by atoms with Gasteiger partial charge < -0.3 is 14.8 Å². The molecule has 0 saturated heterocycles. The minimum Gasteiger partial charge on any atom is -0.455 e. The molecule has 124 valence electrons. The van der Waals surface area contributed by atoms with Crippen LogP contribution in [0.4, 0.5) is 0 Å². The Kier molecular flexibility index (Phi) is 5.65. The molecule has 1 aromatic carbocycles. The molecule has 0 aliphatic rings. The Morgan fingerprint density at radius 1 is 1.26 bits per heavy atom. The SMILES string of the molecule is COC(Oc1cc(Br)c2ncc(Br)cc2c1)C(=O)NC(C)(C)C. The minimum absolute atomic E-state index is 0.330. The summed E-state index contributed by atoms with van der Waals surface area (Å²) in [5.74, 6) is 0.184. The molecular weight excluding hydrogens is 428 g/mol. The van der Waals surface area contributed by atoms with Crippen LogP contribution in [0.15, 0.2) is 33.3 Å². The first kappa shape index (κ1) is 18.2. The van der Waals surface area contributed by atoms with Crippen molar-refractivity contribution >= 4 is 48.7 Å². The maximum Gasteiger partial charge on any atom is 0.290 e. The number of rotatable bonds is 4. The van der Waals surface area contributed by atoms with E-state index in [-0.39, 0.29) is 11.4 Å². The third-order valence-corrected chi connectivity index (χ3v) is 3.88. The summed E-state index contributed by atoms with van der Waals surface area (Å²) in [5, 5.41) is 3.71. The molecule has 0 radical (unpaired) electrons. The molecule has 23 heavy (non-hydrogen) atoms. The number of benzene rings is 1. The fourth-order valence-electron chi connectivity index (χ4n) is 1.98. The molecule has 1 atom stereocenters. The zero-order valence-corrected chi connectivity index (χ0v) is 16.5. The smallest absolute Gasteiger partial charge is 0.290 e. The Morgan fingerprint density at radius 3 is 2.57 bits per heavy atom. The summed E-state index contributed by atoms with van der Waals surface area (Å²) < 4.78 is 12.5. The second-order valence-corrected chi connectivity index (χ2v) is 7.83. The molecular formula is C16H18Br2N2O3. The number of carbonyl (C=O) groups excluding carboxylic acids is 1. The fourth-order valence-corrected chi connectivity index (χ4v) is 2.89. The van der Waals surface area contributed by atoms with Gasteiger partial charge in [0.15, 0.2) is 0 Å². The van der Waals surface area contributed by atoms with Gasteiger partial charge in [0, 0.05) is 33.2 Å². The fraction of sp³-hybridized carbons (Fsp3) is 0.375. The number of aromatic nitrogens is 1. The van der Waals surface area contributed by atoms with Gasteiger partial charge in [-0.2, -0.15) is 0 Å². The van der Waals surface area contributed by atoms with Crippen LogP contribution < -0.4 is 10.1 Å². The average Bonchev–Trinajstić information content (AvgIpc) is 2.42. The van der Waals surface area contributed by atoms with Crippen molar-refractivity contribution in [2.24, 2.45) is 0 Å². The van der Waals surface area contributed by atoms with E-state index in [1.807, 2.05) is 32.9 Å². The third-order valence-electron chi connectivity index (χ3n) is 2.85. The second-order valence-electron chi connectivity index (χ2n) is 6.06. The number of hydrogen-bond donors (Lipinski definition) is 1. The number of fused-ring (bicyclic) bond motifs is 1. The van der Waals surface area contributed by atoms with Crippen LogP contribution in [0.25, 0.3) is 10.9 Å². The number of pyridine rings is 1. The quantitative estimate of drug-likeness (QED) is 0.721. The van der Waals surface area contributed by atoms with E-state index in [4.69, 9.17) is 9.47 Å². The van der Waals surface area contributed by atoms with Crippen LogP contribution in [0.5, 0.6) is 5.75 Å². The van der Waals surface area contributed by atoms with Crippen molar-refractivity contribution < 1.29 is 14.3 Å². The number of methoxy groups -OCH3 is 1. The van der Waals surface area contributed by atoms with Gasteiger partial charge >= 0.3 is 0 Å². The minimum atomic E-state index is -1.03. The molecule has 1 N–H and O–H groups in total. The highest BCUT2D eigenvalue weighted by Crippen LogP contribution is 2.30. The lowest BCUT2D eigenvalue weighted by molar-refractivity contribution is -0.149. The Balaban J connectivity index is 2.27. The summed E-state index contributed by atoms with van der Waals surface area (Å²) in [4.78, 5) is 16.5. The van der Waals surface area contributed by atoms with E-state index >= 15 is 0 Å². The van der Waals surface area contributed by atoms with Crippen LogP contribution in [0.1, 0.15) is 20.8 Å². The van der Waals surface area contributed by atoms with Crippen LogP contribution in [0.2, 0.25) is 0 Å². The first-order valence-electron chi connectivity index (χ1n) is 6.96. The lowest BCUT2D eigenvalue weighted by Crippen LogP contribution is -2.48. The molecule has 0 fully saturated rings. The molecule has 0 spiro atoms. The number of ether oxygens (including phenoxy) is 2. The van der Waals surface area contributed by atoms with Crippen molar-refractivity contribution in [3.05, 3.63) is 33.3 Å². The zero-order chi connectivity index (χ0) is 17.2. The van der Waals surface area contributed by atoms with E-state index in [9.17, 15) is 4.79 Å². The zero-order valence-electron chi connectivity index (χ0n) is 13.3. The maximum absolute atomic E-state index is 12.2. The Labute approximate surface area is 152 Å². The average molecular weight is 446 g/mol. The molecule has 0 aliphatic heterocycles. The summed E-state index contributed by atoms with van der Waals surface area (Å²) in [6.45, 7) is 5.69. The molecule has 0 bridgehead atoms. The van der Waals surface area contributed by atoms with Gasteiger partial charge in [0.2, 0.25) is 0 Å². The largest absolute Gasteiger partial charge is 0.455 e. The lowest BCUT2D eigenvalue weighted by atomic mass is 10.1. The highest BCUT2D eigenvalue weighted by atomic mass is 79.9. The van der Waals surface area contributed by atoms with E-state index < -0.39 is 6.29 Å². The molecule has 1 unspecified atom stereocenters. The first-order chi connectivity index (χ1) is 10.7. The van der Waals surface area contributed by atoms with Crippen molar-refractivity contribution in [3.8, 4) is 5.75 Å². The van der Waals surface area contributed by atoms with Crippen molar-refractivity contribution in [3.63, 3.8) is 0 Å². The van der Waals surface area contributed by atoms with Crippen LogP contribution in [-0.2, 0) is 9.53 Å². The van der Waals surface area contributed by atoms with Crippen molar-refractivity contribution in [1.82, 2.24) is 10.3 Å². The number of nitrogens with one attached hydrogen (secondary N) is 1.